The monoisotopic (exact) mass is 294 g/mol. The topological polar surface area (TPSA) is 17.1 Å². The Morgan fingerprint density at radius 1 is 0.750 bits per heavy atom. The van der Waals surface area contributed by atoms with Gasteiger partial charge in [-0.05, 0) is 24.0 Å². The van der Waals surface area contributed by atoms with Crippen LogP contribution in [0.3, 0.4) is 0 Å². The molecule has 84 valence electrons. The molecule has 0 spiro atoms. The van der Waals surface area contributed by atoms with Crippen molar-refractivity contribution in [1.82, 2.24) is 0 Å². The number of carbonyl (C=O) groups excluding carboxylic acids is 1. The zero-order valence-electron chi connectivity index (χ0n) is 7.99. The van der Waals surface area contributed by atoms with Crippen LogP contribution in [0, 0.1) is 0 Å². The Kier molecular flexibility index (Phi) is 2.46. The molecule has 2 unspecified atom stereocenters. The van der Waals surface area contributed by atoms with Crippen LogP contribution in [0.15, 0.2) is 0 Å². The van der Waals surface area contributed by atoms with Gasteiger partial charge < -0.3 is 0 Å². The van der Waals surface area contributed by atoms with Gasteiger partial charge >= 0.3 is 0 Å². The van der Waals surface area contributed by atoms with Gasteiger partial charge in [0.15, 0.2) is 0 Å². The molecule has 0 N–H and O–H groups in total. The van der Waals surface area contributed by atoms with Gasteiger partial charge in [0, 0.05) is 11.8 Å². The van der Waals surface area contributed by atoms with E-state index in [1.165, 1.54) is 0 Å². The lowest BCUT2D eigenvalue weighted by Crippen LogP contribution is -2.01. The number of hydrogen-bond donors (Lipinski definition) is 0. The number of hydrogen-bond acceptors (Lipinski definition) is 1. The highest BCUT2D eigenvalue weighted by molar-refractivity contribution is 6.52. The Balaban J connectivity index is 2.39. The normalized spacial score (nSPS) is 26.4. The third kappa shape index (κ3) is 1.18. The molecule has 1 aromatic rings. The third-order valence-electron chi connectivity index (χ3n) is 3.47. The number of halogens is 4. The minimum Gasteiger partial charge on any atom is -0.298 e. The van der Waals surface area contributed by atoms with E-state index >= 15 is 0 Å². The van der Waals surface area contributed by atoms with Gasteiger partial charge in [0.05, 0.1) is 20.1 Å². The summed E-state index contributed by atoms with van der Waals surface area (Å²) in [7, 11) is 0. The number of benzene rings is 1. The Morgan fingerprint density at radius 2 is 1.12 bits per heavy atom. The van der Waals surface area contributed by atoms with Crippen LogP contribution in [0.25, 0.3) is 0 Å². The lowest BCUT2D eigenvalue weighted by Gasteiger charge is -2.18. The summed E-state index contributed by atoms with van der Waals surface area (Å²) >= 11 is 24.3. The van der Waals surface area contributed by atoms with Crippen molar-refractivity contribution in [1.29, 1.82) is 0 Å². The molecule has 0 heterocycles. The fourth-order valence-corrected chi connectivity index (χ4v) is 3.93. The molecule has 5 heteroatoms. The second kappa shape index (κ2) is 3.52. The third-order valence-corrected chi connectivity index (χ3v) is 5.30. The van der Waals surface area contributed by atoms with Crippen molar-refractivity contribution in [2.45, 2.75) is 24.7 Å². The number of ketones is 1. The van der Waals surface area contributed by atoms with E-state index in [1.54, 1.807) is 0 Å². The molecule has 3 rings (SSSR count). The highest BCUT2D eigenvalue weighted by Gasteiger charge is 2.48. The van der Waals surface area contributed by atoms with E-state index in [0.29, 0.717) is 10.0 Å². The average Bonchev–Trinajstić information content (AvgIpc) is 2.77. The molecule has 2 atom stereocenters. The Morgan fingerprint density at radius 3 is 1.50 bits per heavy atom. The molecule has 1 fully saturated rings. The predicted octanol–water partition coefficient (Wildman–Crippen LogP) is 4.84. The van der Waals surface area contributed by atoms with E-state index in [-0.39, 0.29) is 27.7 Å². The van der Waals surface area contributed by atoms with E-state index in [1.807, 2.05) is 0 Å². The van der Waals surface area contributed by atoms with Crippen LogP contribution in [0.4, 0.5) is 0 Å². The summed E-state index contributed by atoms with van der Waals surface area (Å²) < 4.78 is 0. The van der Waals surface area contributed by atoms with Crippen LogP contribution < -0.4 is 0 Å². The molecular weight excluding hydrogens is 290 g/mol. The number of carbonyl (C=O) groups is 1. The first-order chi connectivity index (χ1) is 7.54. The maximum Gasteiger partial charge on any atom is 0.147 e. The van der Waals surface area contributed by atoms with Crippen molar-refractivity contribution < 1.29 is 4.79 Å². The maximum atomic E-state index is 11.9. The predicted molar refractivity (Wildman–Crippen MR) is 66.2 cm³/mol. The van der Waals surface area contributed by atoms with Crippen molar-refractivity contribution in [2.75, 3.05) is 0 Å². The molecule has 0 aliphatic heterocycles. The zero-order valence-corrected chi connectivity index (χ0v) is 11.0. The van der Waals surface area contributed by atoms with Crippen molar-refractivity contribution in [2.24, 2.45) is 0 Å². The van der Waals surface area contributed by atoms with Gasteiger partial charge in [-0.25, -0.2) is 0 Å². The molecule has 0 aromatic heterocycles. The summed E-state index contributed by atoms with van der Waals surface area (Å²) in [6.45, 7) is 0. The van der Waals surface area contributed by atoms with Gasteiger partial charge in [-0.3, -0.25) is 4.79 Å². The molecule has 1 nitrogen and oxygen atoms in total. The van der Waals surface area contributed by atoms with Gasteiger partial charge in [0.2, 0.25) is 0 Å². The number of fused-ring (bicyclic) bond motifs is 5. The van der Waals surface area contributed by atoms with E-state index < -0.39 is 0 Å². The van der Waals surface area contributed by atoms with Crippen LogP contribution in [0.1, 0.15) is 35.8 Å². The van der Waals surface area contributed by atoms with E-state index in [2.05, 4.69) is 0 Å². The maximum absolute atomic E-state index is 11.9. The highest BCUT2D eigenvalue weighted by atomic mass is 35.5. The van der Waals surface area contributed by atoms with Crippen molar-refractivity contribution in [3.05, 3.63) is 31.2 Å². The highest BCUT2D eigenvalue weighted by Crippen LogP contribution is 2.58. The van der Waals surface area contributed by atoms with Crippen LogP contribution in [0.5, 0.6) is 0 Å². The second-order valence-corrected chi connectivity index (χ2v) is 5.68. The smallest absolute Gasteiger partial charge is 0.147 e. The lowest BCUT2D eigenvalue weighted by atomic mass is 9.91. The molecule has 0 saturated heterocycles. The SMILES string of the molecule is O=C1C2CCC1c1c(Cl)c(Cl)c(Cl)c(Cl)c12. The Bertz CT molecular complexity index is 478. The number of Topliss-reactive ketones (excluding diaryl/α,β-unsaturated/α-hetero) is 1. The van der Waals surface area contributed by atoms with E-state index in [9.17, 15) is 4.79 Å². The van der Waals surface area contributed by atoms with Gasteiger partial charge in [0.1, 0.15) is 5.78 Å². The van der Waals surface area contributed by atoms with Gasteiger partial charge in [0.25, 0.3) is 0 Å². The zero-order chi connectivity index (χ0) is 11.6. The van der Waals surface area contributed by atoms with E-state index in [0.717, 1.165) is 24.0 Å². The van der Waals surface area contributed by atoms with Crippen LogP contribution >= 0.6 is 46.4 Å². The second-order valence-electron chi connectivity index (χ2n) is 4.17. The lowest BCUT2D eigenvalue weighted by molar-refractivity contribution is -0.119. The largest absolute Gasteiger partial charge is 0.298 e. The number of rotatable bonds is 0. The minimum absolute atomic E-state index is 0.125. The first-order valence-corrected chi connectivity index (χ1v) is 6.44. The molecule has 1 aromatic carbocycles. The summed E-state index contributed by atoms with van der Waals surface area (Å²) in [5, 5.41) is 1.30. The van der Waals surface area contributed by atoms with E-state index in [4.69, 9.17) is 46.4 Å². The quantitative estimate of drug-likeness (QED) is 0.494. The van der Waals surface area contributed by atoms with Crippen molar-refractivity contribution >= 4 is 52.2 Å². The molecule has 16 heavy (non-hydrogen) atoms. The molecule has 2 aliphatic rings. The molecule has 2 bridgehead atoms. The average molecular weight is 296 g/mol. The van der Waals surface area contributed by atoms with Crippen molar-refractivity contribution in [3.63, 3.8) is 0 Å². The molecule has 2 aliphatic carbocycles. The Labute approximate surface area is 113 Å². The Hall–Kier alpha value is 0.0500. The molecule has 0 radical (unpaired) electrons. The summed E-state index contributed by atoms with van der Waals surface area (Å²) in [6.07, 6.45) is 1.68. The van der Waals surface area contributed by atoms with Crippen LogP contribution in [-0.2, 0) is 4.79 Å². The standard InChI is InChI=1S/C11H6Cl4O/c12-7-5-3-1-2-4(11(3)16)6(5)8(13)10(15)9(7)14/h3-4H,1-2H2. The summed E-state index contributed by atoms with van der Waals surface area (Å²) in [6, 6.07) is 0. The molecule has 0 amide bonds. The van der Waals surface area contributed by atoms with Crippen LogP contribution in [0.2, 0.25) is 20.1 Å². The first kappa shape index (κ1) is 11.2. The van der Waals surface area contributed by atoms with Gasteiger partial charge in [-0.15, -0.1) is 0 Å². The van der Waals surface area contributed by atoms with Gasteiger partial charge in [-0.1, -0.05) is 46.4 Å². The molecule has 1 saturated carbocycles. The fraction of sp³-hybridized carbons (Fsp3) is 0.364. The fourth-order valence-electron chi connectivity index (χ4n) is 2.78. The van der Waals surface area contributed by atoms with Crippen molar-refractivity contribution in [3.8, 4) is 0 Å². The summed E-state index contributed by atoms with van der Waals surface area (Å²) in [5.41, 5.74) is 1.62. The van der Waals surface area contributed by atoms with Crippen LogP contribution in [-0.4, -0.2) is 5.78 Å². The molecular formula is C11H6Cl4O. The minimum atomic E-state index is -0.125. The summed E-state index contributed by atoms with van der Waals surface area (Å²) in [4.78, 5) is 11.9. The first-order valence-electron chi connectivity index (χ1n) is 4.93. The summed E-state index contributed by atoms with van der Waals surface area (Å²) in [5.74, 6) is -0.0448. The van der Waals surface area contributed by atoms with Gasteiger partial charge in [-0.2, -0.15) is 0 Å².